The molecule has 1 aromatic rings. The maximum absolute atomic E-state index is 9.84. The molecule has 1 aliphatic rings. The summed E-state index contributed by atoms with van der Waals surface area (Å²) in [5.41, 5.74) is 1.02. The highest BCUT2D eigenvalue weighted by Crippen LogP contribution is 2.37. The van der Waals surface area contributed by atoms with Gasteiger partial charge in [-0.2, -0.15) is 0 Å². The SMILES string of the molecule is C[C@]1(O)CC[C@@H](c2ccccc2)CC1. The molecule has 0 aromatic heterocycles. The molecule has 0 amide bonds. The molecule has 1 aromatic carbocycles. The van der Waals surface area contributed by atoms with E-state index in [-0.39, 0.29) is 0 Å². The van der Waals surface area contributed by atoms with Gasteiger partial charge in [-0.3, -0.25) is 0 Å². The van der Waals surface area contributed by atoms with Crippen molar-refractivity contribution in [2.75, 3.05) is 0 Å². The lowest BCUT2D eigenvalue weighted by molar-refractivity contribution is 0.0172. The summed E-state index contributed by atoms with van der Waals surface area (Å²) in [4.78, 5) is 0. The van der Waals surface area contributed by atoms with E-state index in [1.807, 2.05) is 6.92 Å². The summed E-state index contributed by atoms with van der Waals surface area (Å²) in [6.07, 6.45) is 4.12. The quantitative estimate of drug-likeness (QED) is 0.721. The molecule has 0 radical (unpaired) electrons. The van der Waals surface area contributed by atoms with Crippen molar-refractivity contribution in [3.8, 4) is 0 Å². The van der Waals surface area contributed by atoms with Crippen molar-refractivity contribution in [3.05, 3.63) is 35.9 Å². The van der Waals surface area contributed by atoms with E-state index >= 15 is 0 Å². The molecular formula is C13H18O. The first-order chi connectivity index (χ1) is 6.67. The van der Waals surface area contributed by atoms with E-state index in [1.165, 1.54) is 5.56 Å². The van der Waals surface area contributed by atoms with Crippen LogP contribution in [0.1, 0.15) is 44.1 Å². The Balaban J connectivity index is 2.03. The molecular weight excluding hydrogens is 172 g/mol. The molecule has 2 rings (SSSR count). The Bertz CT molecular complexity index is 279. The Morgan fingerprint density at radius 3 is 2.29 bits per heavy atom. The van der Waals surface area contributed by atoms with Gasteiger partial charge in [0.15, 0.2) is 0 Å². The minimum absolute atomic E-state index is 0.411. The minimum atomic E-state index is -0.411. The largest absolute Gasteiger partial charge is 0.390 e. The van der Waals surface area contributed by atoms with Crippen LogP contribution in [0.4, 0.5) is 0 Å². The molecule has 14 heavy (non-hydrogen) atoms. The van der Waals surface area contributed by atoms with Gasteiger partial charge in [0.1, 0.15) is 0 Å². The number of benzene rings is 1. The second kappa shape index (κ2) is 3.74. The fourth-order valence-corrected chi connectivity index (χ4v) is 2.30. The van der Waals surface area contributed by atoms with Crippen molar-refractivity contribution in [2.24, 2.45) is 0 Å². The van der Waals surface area contributed by atoms with Crippen LogP contribution in [0, 0.1) is 0 Å². The molecule has 0 heterocycles. The van der Waals surface area contributed by atoms with Crippen LogP contribution in [0.15, 0.2) is 30.3 Å². The van der Waals surface area contributed by atoms with Crippen molar-refractivity contribution >= 4 is 0 Å². The highest BCUT2D eigenvalue weighted by Gasteiger charge is 2.28. The molecule has 1 aliphatic carbocycles. The maximum atomic E-state index is 9.84. The highest BCUT2D eigenvalue weighted by molar-refractivity contribution is 5.20. The van der Waals surface area contributed by atoms with Gasteiger partial charge in [0.25, 0.3) is 0 Å². The zero-order valence-corrected chi connectivity index (χ0v) is 8.74. The summed E-state index contributed by atoms with van der Waals surface area (Å²) in [7, 11) is 0. The molecule has 1 saturated carbocycles. The number of hydrogen-bond acceptors (Lipinski definition) is 1. The summed E-state index contributed by atoms with van der Waals surface area (Å²) < 4.78 is 0. The average molecular weight is 190 g/mol. The smallest absolute Gasteiger partial charge is 0.0620 e. The van der Waals surface area contributed by atoms with E-state index in [1.54, 1.807) is 0 Å². The predicted octanol–water partition coefficient (Wildman–Crippen LogP) is 3.10. The molecule has 1 fully saturated rings. The molecule has 0 bridgehead atoms. The van der Waals surface area contributed by atoms with E-state index in [9.17, 15) is 5.11 Å². The van der Waals surface area contributed by atoms with Crippen molar-refractivity contribution in [1.29, 1.82) is 0 Å². The van der Waals surface area contributed by atoms with E-state index in [0.717, 1.165) is 25.7 Å². The third-order valence-corrected chi connectivity index (χ3v) is 3.33. The minimum Gasteiger partial charge on any atom is -0.390 e. The predicted molar refractivity (Wildman–Crippen MR) is 58.3 cm³/mol. The Kier molecular flexibility index (Phi) is 2.60. The van der Waals surface area contributed by atoms with Crippen LogP contribution in [0.2, 0.25) is 0 Å². The molecule has 0 unspecified atom stereocenters. The summed E-state index contributed by atoms with van der Waals surface area (Å²) in [6.45, 7) is 1.95. The van der Waals surface area contributed by atoms with Gasteiger partial charge >= 0.3 is 0 Å². The fourth-order valence-electron chi connectivity index (χ4n) is 2.30. The van der Waals surface area contributed by atoms with Crippen molar-refractivity contribution in [1.82, 2.24) is 0 Å². The van der Waals surface area contributed by atoms with E-state index in [0.29, 0.717) is 5.92 Å². The van der Waals surface area contributed by atoms with Gasteiger partial charge in [-0.1, -0.05) is 30.3 Å². The summed E-state index contributed by atoms with van der Waals surface area (Å²) >= 11 is 0. The molecule has 0 saturated heterocycles. The molecule has 76 valence electrons. The third-order valence-electron chi connectivity index (χ3n) is 3.33. The Hall–Kier alpha value is -0.820. The highest BCUT2D eigenvalue weighted by atomic mass is 16.3. The molecule has 1 N–H and O–H groups in total. The lowest BCUT2D eigenvalue weighted by Crippen LogP contribution is -2.29. The zero-order chi connectivity index (χ0) is 10.0. The van der Waals surface area contributed by atoms with Crippen LogP contribution in [-0.4, -0.2) is 10.7 Å². The van der Waals surface area contributed by atoms with Gasteiger partial charge in [0, 0.05) is 0 Å². The Morgan fingerprint density at radius 1 is 1.14 bits per heavy atom. The van der Waals surface area contributed by atoms with Crippen LogP contribution in [0.3, 0.4) is 0 Å². The summed E-state index contributed by atoms with van der Waals surface area (Å²) in [5.74, 6) is 0.663. The first-order valence-electron chi connectivity index (χ1n) is 5.45. The molecule has 0 spiro atoms. The van der Waals surface area contributed by atoms with Gasteiger partial charge in [-0.25, -0.2) is 0 Å². The molecule has 0 atom stereocenters. The van der Waals surface area contributed by atoms with Gasteiger partial charge < -0.3 is 5.11 Å². The van der Waals surface area contributed by atoms with Crippen LogP contribution < -0.4 is 0 Å². The lowest BCUT2D eigenvalue weighted by Gasteiger charge is -2.33. The Morgan fingerprint density at radius 2 is 1.71 bits per heavy atom. The molecule has 1 nitrogen and oxygen atoms in total. The second-order valence-corrected chi connectivity index (χ2v) is 4.68. The normalized spacial score (nSPS) is 32.9. The first-order valence-corrected chi connectivity index (χ1v) is 5.45. The lowest BCUT2D eigenvalue weighted by atomic mass is 9.77. The standard InChI is InChI=1S/C13H18O/c1-13(14)9-7-12(8-10-13)11-5-3-2-4-6-11/h2-6,12,14H,7-10H2,1H3/t12-,13+. The van der Waals surface area contributed by atoms with Gasteiger partial charge in [-0.15, -0.1) is 0 Å². The van der Waals surface area contributed by atoms with Crippen LogP contribution in [0.5, 0.6) is 0 Å². The maximum Gasteiger partial charge on any atom is 0.0620 e. The van der Waals surface area contributed by atoms with Crippen LogP contribution in [0.25, 0.3) is 0 Å². The van der Waals surface area contributed by atoms with Crippen LogP contribution >= 0.6 is 0 Å². The molecule has 1 heteroatoms. The fraction of sp³-hybridized carbons (Fsp3) is 0.538. The average Bonchev–Trinajstić information content (AvgIpc) is 2.19. The monoisotopic (exact) mass is 190 g/mol. The second-order valence-electron chi connectivity index (χ2n) is 4.68. The van der Waals surface area contributed by atoms with Gasteiger partial charge in [-0.05, 0) is 44.1 Å². The topological polar surface area (TPSA) is 20.2 Å². The summed E-state index contributed by atoms with van der Waals surface area (Å²) in [6, 6.07) is 10.7. The van der Waals surface area contributed by atoms with E-state index < -0.39 is 5.60 Å². The van der Waals surface area contributed by atoms with Crippen molar-refractivity contribution in [2.45, 2.75) is 44.1 Å². The molecule has 0 aliphatic heterocycles. The van der Waals surface area contributed by atoms with E-state index in [2.05, 4.69) is 30.3 Å². The van der Waals surface area contributed by atoms with Crippen molar-refractivity contribution in [3.63, 3.8) is 0 Å². The summed E-state index contributed by atoms with van der Waals surface area (Å²) in [5, 5.41) is 9.84. The number of rotatable bonds is 1. The van der Waals surface area contributed by atoms with Crippen LogP contribution in [-0.2, 0) is 0 Å². The first kappa shape index (κ1) is 9.72. The number of hydrogen-bond donors (Lipinski definition) is 1. The van der Waals surface area contributed by atoms with Crippen molar-refractivity contribution < 1.29 is 5.11 Å². The van der Waals surface area contributed by atoms with E-state index in [4.69, 9.17) is 0 Å². The zero-order valence-electron chi connectivity index (χ0n) is 8.74. The third kappa shape index (κ3) is 2.16. The van der Waals surface area contributed by atoms with Gasteiger partial charge in [0.05, 0.1) is 5.60 Å². The number of aliphatic hydroxyl groups is 1. The van der Waals surface area contributed by atoms with Gasteiger partial charge in [0.2, 0.25) is 0 Å². The Labute approximate surface area is 85.8 Å².